The molecule has 0 spiro atoms. The number of nitrogens with zero attached hydrogens (tertiary/aromatic N) is 1. The average Bonchev–Trinajstić information content (AvgIpc) is 2.52. The van der Waals surface area contributed by atoms with Crippen molar-refractivity contribution in [2.24, 2.45) is 11.8 Å². The third kappa shape index (κ3) is 8.98. The van der Waals surface area contributed by atoms with Crippen LogP contribution in [0.15, 0.2) is 24.3 Å². The van der Waals surface area contributed by atoms with Crippen molar-refractivity contribution in [1.29, 1.82) is 5.26 Å². The van der Waals surface area contributed by atoms with Crippen LogP contribution < -0.4 is 5.32 Å². The highest BCUT2D eigenvalue weighted by atomic mass is 16.6. The van der Waals surface area contributed by atoms with E-state index in [4.69, 9.17) is 10.00 Å². The van der Waals surface area contributed by atoms with Crippen molar-refractivity contribution in [2.45, 2.75) is 59.2 Å². The van der Waals surface area contributed by atoms with Gasteiger partial charge in [-0.2, -0.15) is 5.26 Å². The van der Waals surface area contributed by atoms with Gasteiger partial charge in [-0.05, 0) is 57.4 Å². The lowest BCUT2D eigenvalue weighted by Crippen LogP contribution is -2.37. The van der Waals surface area contributed by atoms with Gasteiger partial charge in [0.2, 0.25) is 0 Å². The van der Waals surface area contributed by atoms with Crippen LogP contribution in [0.5, 0.6) is 0 Å². The summed E-state index contributed by atoms with van der Waals surface area (Å²) in [6.07, 6.45) is 0.0500. The lowest BCUT2D eigenvalue weighted by atomic mass is 9.90. The van der Waals surface area contributed by atoms with Crippen molar-refractivity contribution < 1.29 is 14.6 Å². The Bertz CT molecular complexity index is 597. The predicted octanol–water partition coefficient (Wildman–Crippen LogP) is 3.06. The van der Waals surface area contributed by atoms with Crippen LogP contribution in [0.1, 0.15) is 52.2 Å². The van der Waals surface area contributed by atoms with E-state index in [2.05, 4.69) is 25.2 Å². The molecule has 0 aromatic heterocycles. The van der Waals surface area contributed by atoms with Gasteiger partial charge in [-0.25, -0.2) is 0 Å². The Morgan fingerprint density at radius 1 is 1.23 bits per heavy atom. The van der Waals surface area contributed by atoms with E-state index in [-0.39, 0.29) is 18.3 Å². The van der Waals surface area contributed by atoms with Gasteiger partial charge in [-0.1, -0.05) is 26.0 Å². The van der Waals surface area contributed by atoms with Crippen LogP contribution in [-0.2, 0) is 16.0 Å². The Kier molecular flexibility index (Phi) is 8.77. The van der Waals surface area contributed by atoms with E-state index < -0.39 is 11.7 Å². The van der Waals surface area contributed by atoms with E-state index in [1.165, 1.54) is 0 Å². The maximum atomic E-state index is 12.2. The molecule has 2 atom stereocenters. The molecule has 2 N–H and O–H groups in total. The first-order chi connectivity index (χ1) is 12.1. The molecule has 5 nitrogen and oxygen atoms in total. The molecule has 0 radical (unpaired) electrons. The van der Waals surface area contributed by atoms with Crippen molar-refractivity contribution in [3.05, 3.63) is 35.4 Å². The highest BCUT2D eigenvalue weighted by Crippen LogP contribution is 2.20. The molecule has 0 aliphatic rings. The lowest BCUT2D eigenvalue weighted by Gasteiger charge is -2.26. The number of hydrogen-bond donors (Lipinski definition) is 2. The van der Waals surface area contributed by atoms with Gasteiger partial charge in [0.1, 0.15) is 5.60 Å². The molecule has 0 heterocycles. The van der Waals surface area contributed by atoms with E-state index >= 15 is 0 Å². The van der Waals surface area contributed by atoms with Crippen LogP contribution >= 0.6 is 0 Å². The number of carbonyl (C=O) groups is 1. The fourth-order valence-electron chi connectivity index (χ4n) is 2.65. The number of esters is 1. The minimum Gasteiger partial charge on any atom is -0.460 e. The molecule has 1 aromatic rings. The number of nitriles is 1. The normalized spacial score (nSPS) is 13.9. The Labute approximate surface area is 157 Å². The standard InChI is InChI=1S/C21H32N2O3/c1-15(2)13-23-14-19(24)18(11-20(25)26-21(3,4)5)10-16-6-8-17(12-22)9-7-16/h6-9,15,18-19,23-24H,10-11,13-14H2,1-5H3/t18-,19-/m1/s1. The number of hydrogen-bond acceptors (Lipinski definition) is 5. The van der Waals surface area contributed by atoms with Crippen LogP contribution in [0.25, 0.3) is 0 Å². The zero-order chi connectivity index (χ0) is 19.7. The number of rotatable bonds is 9. The Morgan fingerprint density at radius 3 is 2.35 bits per heavy atom. The number of carbonyl (C=O) groups excluding carboxylic acids is 1. The highest BCUT2D eigenvalue weighted by molar-refractivity contribution is 5.70. The molecule has 1 aromatic carbocycles. The molecule has 5 heteroatoms. The molecule has 0 bridgehead atoms. The van der Waals surface area contributed by atoms with E-state index in [9.17, 15) is 9.90 Å². The second kappa shape index (κ2) is 10.3. The maximum absolute atomic E-state index is 12.2. The van der Waals surface area contributed by atoms with Crippen molar-refractivity contribution in [2.75, 3.05) is 13.1 Å². The van der Waals surface area contributed by atoms with E-state index in [0.29, 0.717) is 24.4 Å². The fourth-order valence-corrected chi connectivity index (χ4v) is 2.65. The number of nitrogens with one attached hydrogen (secondary N) is 1. The summed E-state index contributed by atoms with van der Waals surface area (Å²) in [5, 5.41) is 22.8. The van der Waals surface area contributed by atoms with Crippen molar-refractivity contribution in [3.63, 3.8) is 0 Å². The number of aliphatic hydroxyl groups excluding tert-OH is 1. The first-order valence-corrected chi connectivity index (χ1v) is 9.20. The molecule has 1 rings (SSSR count). The van der Waals surface area contributed by atoms with Crippen LogP contribution in [0.3, 0.4) is 0 Å². The summed E-state index contributed by atoms with van der Waals surface area (Å²) in [4.78, 5) is 12.2. The number of benzene rings is 1. The molecule has 0 unspecified atom stereocenters. The minimum atomic E-state index is -0.656. The molecule has 0 saturated carbocycles. The summed E-state index contributed by atoms with van der Waals surface area (Å²) >= 11 is 0. The summed E-state index contributed by atoms with van der Waals surface area (Å²) in [7, 11) is 0. The molecular weight excluding hydrogens is 328 g/mol. The molecule has 0 fully saturated rings. The Morgan fingerprint density at radius 2 is 1.85 bits per heavy atom. The zero-order valence-electron chi connectivity index (χ0n) is 16.6. The van der Waals surface area contributed by atoms with Crippen LogP contribution in [0, 0.1) is 23.2 Å². The predicted molar refractivity (Wildman–Crippen MR) is 103 cm³/mol. The molecule has 0 aliphatic carbocycles. The monoisotopic (exact) mass is 360 g/mol. The largest absolute Gasteiger partial charge is 0.460 e. The SMILES string of the molecule is CC(C)CNC[C@@H](O)[C@@H](CC(=O)OC(C)(C)C)Cc1ccc(C#N)cc1. The van der Waals surface area contributed by atoms with Gasteiger partial charge in [0.25, 0.3) is 0 Å². The van der Waals surface area contributed by atoms with Crippen LogP contribution in [0.4, 0.5) is 0 Å². The molecule has 26 heavy (non-hydrogen) atoms. The quantitative estimate of drug-likeness (QED) is 0.662. The Balaban J connectivity index is 2.78. The first-order valence-electron chi connectivity index (χ1n) is 9.20. The number of aliphatic hydroxyl groups is 1. The topological polar surface area (TPSA) is 82.3 Å². The average molecular weight is 360 g/mol. The van der Waals surface area contributed by atoms with Gasteiger partial charge >= 0.3 is 5.97 Å². The maximum Gasteiger partial charge on any atom is 0.306 e. The van der Waals surface area contributed by atoms with Crippen LogP contribution in [-0.4, -0.2) is 35.9 Å². The molecule has 0 amide bonds. The molecular formula is C21H32N2O3. The van der Waals surface area contributed by atoms with Gasteiger partial charge in [-0.15, -0.1) is 0 Å². The molecule has 0 saturated heterocycles. The third-order valence-corrected chi connectivity index (χ3v) is 3.88. The van der Waals surface area contributed by atoms with Crippen LogP contribution in [0.2, 0.25) is 0 Å². The van der Waals surface area contributed by atoms with E-state index in [0.717, 1.165) is 12.1 Å². The second-order valence-electron chi connectivity index (χ2n) is 8.18. The summed E-state index contributed by atoms with van der Waals surface area (Å²) < 4.78 is 5.42. The third-order valence-electron chi connectivity index (χ3n) is 3.88. The summed E-state index contributed by atoms with van der Waals surface area (Å²) in [5.74, 6) is -0.0680. The van der Waals surface area contributed by atoms with Gasteiger partial charge < -0.3 is 15.2 Å². The van der Waals surface area contributed by atoms with Gasteiger partial charge in [0.05, 0.1) is 24.2 Å². The Hall–Kier alpha value is -1.90. The highest BCUT2D eigenvalue weighted by Gasteiger charge is 2.26. The van der Waals surface area contributed by atoms with E-state index in [1.54, 1.807) is 12.1 Å². The van der Waals surface area contributed by atoms with Crippen molar-refractivity contribution >= 4 is 5.97 Å². The van der Waals surface area contributed by atoms with Crippen molar-refractivity contribution in [3.8, 4) is 6.07 Å². The summed E-state index contributed by atoms with van der Waals surface area (Å²) in [6.45, 7) is 11.0. The number of ether oxygens (including phenoxy) is 1. The second-order valence-corrected chi connectivity index (χ2v) is 8.18. The fraction of sp³-hybridized carbons (Fsp3) is 0.619. The van der Waals surface area contributed by atoms with Gasteiger partial charge in [0.15, 0.2) is 0 Å². The lowest BCUT2D eigenvalue weighted by molar-refractivity contribution is -0.157. The smallest absolute Gasteiger partial charge is 0.306 e. The summed E-state index contributed by atoms with van der Waals surface area (Å²) in [6, 6.07) is 9.34. The molecule has 144 valence electrons. The first kappa shape index (κ1) is 22.1. The minimum absolute atomic E-state index is 0.155. The zero-order valence-corrected chi connectivity index (χ0v) is 16.6. The van der Waals surface area contributed by atoms with Gasteiger partial charge in [0, 0.05) is 12.5 Å². The van der Waals surface area contributed by atoms with Crippen molar-refractivity contribution in [1.82, 2.24) is 5.32 Å². The summed E-state index contributed by atoms with van der Waals surface area (Å²) in [5.41, 5.74) is 1.04. The van der Waals surface area contributed by atoms with E-state index in [1.807, 2.05) is 32.9 Å². The van der Waals surface area contributed by atoms with Gasteiger partial charge in [-0.3, -0.25) is 4.79 Å². The molecule has 0 aliphatic heterocycles.